The average Bonchev–Trinajstić information content (AvgIpc) is 3.05. The van der Waals surface area contributed by atoms with E-state index in [1.165, 1.54) is 10.1 Å². The lowest BCUT2D eigenvalue weighted by atomic mass is 10.7. The topological polar surface area (TPSA) is 59.1 Å². The minimum Gasteiger partial charge on any atom is -0.359 e. The zero-order valence-corrected chi connectivity index (χ0v) is 9.51. The maximum absolute atomic E-state index is 11.3. The van der Waals surface area contributed by atoms with Crippen LogP contribution in [0.15, 0.2) is 0 Å². The van der Waals surface area contributed by atoms with Crippen LogP contribution in [0.3, 0.4) is 0 Å². The number of rotatable bonds is 4. The molecule has 0 aliphatic heterocycles. The monoisotopic (exact) mass is 228 g/mol. The molecule has 0 aromatic rings. The largest absolute Gasteiger partial charge is 0.438 e. The fourth-order valence-electron chi connectivity index (χ4n) is 1.36. The maximum Gasteiger partial charge on any atom is 0.438 e. The number of carbonyl (C=O) groups excluding carboxylic acids is 2. The molecule has 6 nitrogen and oxygen atoms in total. The lowest BCUT2D eigenvalue weighted by Gasteiger charge is -2.17. The van der Waals surface area contributed by atoms with Crippen LogP contribution in [0.4, 0.5) is 0 Å². The molecule has 0 N–H and O–H groups in total. The van der Waals surface area contributed by atoms with E-state index in [-0.39, 0.29) is 12.1 Å². The Morgan fingerprint density at radius 1 is 0.875 bits per heavy atom. The summed E-state index contributed by atoms with van der Waals surface area (Å²) < 4.78 is 0. The summed E-state index contributed by atoms with van der Waals surface area (Å²) in [5.74, 6) is -1.91. The van der Waals surface area contributed by atoms with Crippen LogP contribution >= 0.6 is 0 Å². The van der Waals surface area contributed by atoms with Crippen molar-refractivity contribution in [1.82, 2.24) is 10.1 Å². The highest BCUT2D eigenvalue weighted by Crippen LogP contribution is 2.26. The van der Waals surface area contributed by atoms with Crippen molar-refractivity contribution in [3.8, 4) is 0 Å². The van der Waals surface area contributed by atoms with Gasteiger partial charge in [0, 0.05) is 26.2 Å². The van der Waals surface area contributed by atoms with E-state index in [1.807, 2.05) is 0 Å². The maximum atomic E-state index is 11.3. The van der Waals surface area contributed by atoms with Crippen molar-refractivity contribution in [3.63, 3.8) is 0 Å². The highest BCUT2D eigenvalue weighted by Gasteiger charge is 2.34. The number of hydrogen-bond donors (Lipinski definition) is 0. The summed E-state index contributed by atoms with van der Waals surface area (Å²) in [6, 6.07) is 0.524. The molecule has 90 valence electrons. The molecule has 0 heterocycles. The fraction of sp³-hybridized carbons (Fsp3) is 0.800. The van der Waals surface area contributed by atoms with E-state index < -0.39 is 11.9 Å². The number of hydrogen-bond acceptors (Lipinski definition) is 6. The Labute approximate surface area is 94.0 Å². The Hall–Kier alpha value is -1.14. The Morgan fingerprint density at radius 2 is 1.19 bits per heavy atom. The molecule has 0 spiro atoms. The van der Waals surface area contributed by atoms with Gasteiger partial charge in [-0.15, -0.1) is 10.1 Å². The molecule has 0 aromatic carbocycles. The van der Waals surface area contributed by atoms with Crippen molar-refractivity contribution in [2.24, 2.45) is 0 Å². The summed E-state index contributed by atoms with van der Waals surface area (Å²) in [4.78, 5) is 32.3. The molecule has 2 aliphatic carbocycles. The van der Waals surface area contributed by atoms with E-state index >= 15 is 0 Å². The first kappa shape index (κ1) is 11.3. The van der Waals surface area contributed by atoms with Gasteiger partial charge in [-0.3, -0.25) is 0 Å². The molecule has 2 rings (SSSR count). The van der Waals surface area contributed by atoms with Gasteiger partial charge in [0.15, 0.2) is 0 Å². The molecule has 2 aliphatic rings. The Morgan fingerprint density at radius 3 is 1.44 bits per heavy atom. The summed E-state index contributed by atoms with van der Waals surface area (Å²) in [6.07, 6.45) is 4.00. The number of hydroxylamine groups is 4. The van der Waals surface area contributed by atoms with Crippen LogP contribution in [-0.4, -0.2) is 48.2 Å². The number of carbonyl (C=O) groups is 2. The van der Waals surface area contributed by atoms with Crippen LogP contribution in [0.2, 0.25) is 0 Å². The molecule has 16 heavy (non-hydrogen) atoms. The lowest BCUT2D eigenvalue weighted by molar-refractivity contribution is -0.214. The third kappa shape index (κ3) is 2.93. The van der Waals surface area contributed by atoms with Crippen molar-refractivity contribution in [3.05, 3.63) is 0 Å². The van der Waals surface area contributed by atoms with Crippen LogP contribution in [0.25, 0.3) is 0 Å². The molecule has 6 heteroatoms. The Bertz CT molecular complexity index is 269. The van der Waals surface area contributed by atoms with Gasteiger partial charge in [-0.25, -0.2) is 9.59 Å². The summed E-state index contributed by atoms with van der Waals surface area (Å²) in [7, 11) is 3.29. The smallest absolute Gasteiger partial charge is 0.359 e. The van der Waals surface area contributed by atoms with Crippen molar-refractivity contribution in [2.45, 2.75) is 37.8 Å². The highest BCUT2D eigenvalue weighted by atomic mass is 16.8. The highest BCUT2D eigenvalue weighted by molar-refractivity contribution is 6.29. The molecule has 0 radical (unpaired) electrons. The van der Waals surface area contributed by atoms with Crippen LogP contribution < -0.4 is 0 Å². The van der Waals surface area contributed by atoms with Gasteiger partial charge in [0.05, 0.1) is 0 Å². The zero-order valence-electron chi connectivity index (χ0n) is 9.51. The minimum atomic E-state index is -0.957. The average molecular weight is 228 g/mol. The van der Waals surface area contributed by atoms with Crippen LogP contribution in [0.1, 0.15) is 25.7 Å². The lowest BCUT2D eigenvalue weighted by Crippen LogP contribution is -2.34. The van der Waals surface area contributed by atoms with Crippen molar-refractivity contribution >= 4 is 11.9 Å². The third-order valence-corrected chi connectivity index (χ3v) is 2.74. The van der Waals surface area contributed by atoms with Gasteiger partial charge in [-0.1, -0.05) is 0 Å². The first-order valence-corrected chi connectivity index (χ1v) is 5.48. The summed E-state index contributed by atoms with van der Waals surface area (Å²) in [5, 5.41) is 2.83. The van der Waals surface area contributed by atoms with Crippen LogP contribution in [0.5, 0.6) is 0 Å². The molecule has 0 aromatic heterocycles. The van der Waals surface area contributed by atoms with Gasteiger partial charge < -0.3 is 9.68 Å². The van der Waals surface area contributed by atoms with Crippen LogP contribution in [0, 0.1) is 0 Å². The normalized spacial score (nSPS) is 20.0. The van der Waals surface area contributed by atoms with Gasteiger partial charge in [0.25, 0.3) is 0 Å². The quantitative estimate of drug-likeness (QED) is 0.502. The molecular formula is C10H16N2O4. The second-order valence-corrected chi connectivity index (χ2v) is 4.31. The van der Waals surface area contributed by atoms with E-state index in [2.05, 4.69) is 0 Å². The molecule has 2 saturated carbocycles. The predicted octanol–water partition coefficient (Wildman–Crippen LogP) is 0.0912. The van der Waals surface area contributed by atoms with Crippen molar-refractivity contribution in [2.75, 3.05) is 14.1 Å². The van der Waals surface area contributed by atoms with Gasteiger partial charge in [-0.2, -0.15) is 0 Å². The molecule has 0 unspecified atom stereocenters. The zero-order chi connectivity index (χ0) is 11.7. The molecule has 0 saturated heterocycles. The SMILES string of the molecule is CN(OC(=O)C(=O)ON(C)C1CC1)C1CC1. The Balaban J connectivity index is 1.72. The van der Waals surface area contributed by atoms with E-state index in [9.17, 15) is 9.59 Å². The van der Waals surface area contributed by atoms with Gasteiger partial charge in [0.2, 0.25) is 0 Å². The van der Waals surface area contributed by atoms with Crippen LogP contribution in [-0.2, 0) is 19.3 Å². The molecule has 0 amide bonds. The number of nitrogens with zero attached hydrogens (tertiary/aromatic N) is 2. The first-order chi connectivity index (χ1) is 7.58. The summed E-state index contributed by atoms with van der Waals surface area (Å²) >= 11 is 0. The molecule has 0 bridgehead atoms. The molecule has 2 fully saturated rings. The minimum absolute atomic E-state index is 0.262. The standard InChI is InChI=1S/C10H16N2O4/c1-11(7-3-4-7)15-9(13)10(14)16-12(2)8-5-6-8/h7-8H,3-6H2,1-2H3. The molecular weight excluding hydrogens is 212 g/mol. The van der Waals surface area contributed by atoms with Gasteiger partial charge in [0.1, 0.15) is 0 Å². The van der Waals surface area contributed by atoms with Gasteiger partial charge in [-0.05, 0) is 25.7 Å². The summed E-state index contributed by atoms with van der Waals surface area (Å²) in [5.41, 5.74) is 0. The second kappa shape index (κ2) is 4.39. The Kier molecular flexibility index (Phi) is 3.11. The fourth-order valence-corrected chi connectivity index (χ4v) is 1.36. The first-order valence-electron chi connectivity index (χ1n) is 5.48. The predicted molar refractivity (Wildman–Crippen MR) is 53.8 cm³/mol. The van der Waals surface area contributed by atoms with Gasteiger partial charge >= 0.3 is 11.9 Å². The second-order valence-electron chi connectivity index (χ2n) is 4.31. The van der Waals surface area contributed by atoms with E-state index in [0.717, 1.165) is 25.7 Å². The van der Waals surface area contributed by atoms with Crippen molar-refractivity contribution < 1.29 is 19.3 Å². The van der Waals surface area contributed by atoms with E-state index in [0.29, 0.717) is 0 Å². The van der Waals surface area contributed by atoms with E-state index in [4.69, 9.17) is 9.68 Å². The van der Waals surface area contributed by atoms with Crippen molar-refractivity contribution in [1.29, 1.82) is 0 Å². The molecule has 0 atom stereocenters. The third-order valence-electron chi connectivity index (χ3n) is 2.74. The summed E-state index contributed by atoms with van der Waals surface area (Å²) in [6.45, 7) is 0. The van der Waals surface area contributed by atoms with E-state index in [1.54, 1.807) is 14.1 Å².